The summed E-state index contributed by atoms with van der Waals surface area (Å²) in [4.78, 5) is 36.9. The lowest BCUT2D eigenvalue weighted by Gasteiger charge is -2.29. The Morgan fingerprint density at radius 1 is 0.969 bits per heavy atom. The zero-order valence-electron chi connectivity index (χ0n) is 17.6. The van der Waals surface area contributed by atoms with E-state index in [2.05, 4.69) is 4.74 Å². The molecule has 0 N–H and O–H groups in total. The van der Waals surface area contributed by atoms with Gasteiger partial charge in [0.25, 0.3) is 5.91 Å². The van der Waals surface area contributed by atoms with Crippen LogP contribution in [-0.2, 0) is 9.53 Å². The van der Waals surface area contributed by atoms with E-state index in [4.69, 9.17) is 4.74 Å². The van der Waals surface area contributed by atoms with Crippen LogP contribution in [0, 0.1) is 10.1 Å². The first kappa shape index (κ1) is 22.5. The minimum atomic E-state index is -0.705. The van der Waals surface area contributed by atoms with Gasteiger partial charge in [0, 0.05) is 13.1 Å². The predicted octanol–water partition coefficient (Wildman–Crippen LogP) is 4.01. The average molecular weight is 434 g/mol. The molecule has 0 radical (unpaired) electrons. The number of nitrogens with zero attached hydrogens (tertiary/aromatic N) is 2. The van der Waals surface area contributed by atoms with Crippen LogP contribution >= 0.6 is 0 Å². The van der Waals surface area contributed by atoms with Gasteiger partial charge in [-0.25, -0.2) is 4.79 Å². The third-order valence-corrected chi connectivity index (χ3v) is 4.94. The van der Waals surface area contributed by atoms with Crippen molar-refractivity contribution in [3.8, 4) is 5.75 Å². The summed E-state index contributed by atoms with van der Waals surface area (Å²) in [5.74, 6) is -1.18. The van der Waals surface area contributed by atoms with E-state index in [0.717, 1.165) is 17.2 Å². The van der Waals surface area contributed by atoms with Crippen molar-refractivity contribution < 1.29 is 24.0 Å². The Labute approximate surface area is 185 Å². The highest BCUT2D eigenvalue weighted by molar-refractivity contribution is 5.90. The Bertz CT molecular complexity index is 1060. The second-order valence-corrected chi connectivity index (χ2v) is 6.95. The average Bonchev–Trinajstić information content (AvgIpc) is 2.83. The quantitative estimate of drug-likeness (QED) is 0.302. The van der Waals surface area contributed by atoms with Gasteiger partial charge in [-0.3, -0.25) is 14.9 Å². The summed E-state index contributed by atoms with van der Waals surface area (Å²) in [6, 6.07) is 22.4. The predicted molar refractivity (Wildman–Crippen MR) is 117 cm³/mol. The normalized spacial score (nSPS) is 10.5. The maximum absolute atomic E-state index is 13.0. The molecule has 32 heavy (non-hydrogen) atoms. The molecule has 0 spiro atoms. The van der Waals surface area contributed by atoms with Gasteiger partial charge in [-0.15, -0.1) is 0 Å². The van der Waals surface area contributed by atoms with Crippen molar-refractivity contribution in [2.75, 3.05) is 20.8 Å². The highest BCUT2D eigenvalue weighted by Crippen LogP contribution is 2.30. The van der Waals surface area contributed by atoms with Crippen LogP contribution in [0.1, 0.15) is 27.5 Å². The van der Waals surface area contributed by atoms with Crippen LogP contribution in [0.2, 0.25) is 0 Å². The maximum Gasteiger partial charge on any atom is 0.338 e. The molecule has 0 unspecified atom stereocenters. The number of carbonyl (C=O) groups is 2. The van der Waals surface area contributed by atoms with Crippen LogP contribution in [0.3, 0.4) is 0 Å². The fraction of sp³-hybridized carbons (Fsp3) is 0.167. The molecule has 0 aliphatic carbocycles. The number of esters is 1. The number of nitro benzene ring substituents is 1. The smallest absolute Gasteiger partial charge is 0.338 e. The molecule has 0 saturated carbocycles. The molecule has 1 amide bonds. The van der Waals surface area contributed by atoms with Gasteiger partial charge < -0.3 is 14.4 Å². The van der Waals surface area contributed by atoms with E-state index in [1.54, 1.807) is 11.9 Å². The number of methoxy groups -OCH3 is 1. The minimum Gasteiger partial charge on any atom is -0.477 e. The summed E-state index contributed by atoms with van der Waals surface area (Å²) in [6.45, 7) is -0.412. The second-order valence-electron chi connectivity index (χ2n) is 6.95. The third kappa shape index (κ3) is 5.10. The lowest BCUT2D eigenvalue weighted by Crippen LogP contribution is -2.35. The van der Waals surface area contributed by atoms with Gasteiger partial charge in [-0.1, -0.05) is 60.7 Å². The van der Waals surface area contributed by atoms with Crippen molar-refractivity contribution in [3.05, 3.63) is 106 Å². The van der Waals surface area contributed by atoms with Crippen molar-refractivity contribution in [3.63, 3.8) is 0 Å². The van der Waals surface area contributed by atoms with Gasteiger partial charge in [0.2, 0.25) is 0 Å². The number of hydrogen-bond acceptors (Lipinski definition) is 6. The summed E-state index contributed by atoms with van der Waals surface area (Å²) >= 11 is 0. The monoisotopic (exact) mass is 434 g/mol. The Balaban J connectivity index is 1.81. The van der Waals surface area contributed by atoms with Gasteiger partial charge in [0.1, 0.15) is 0 Å². The molecule has 0 bridgehead atoms. The number of amides is 1. The molecule has 3 aromatic carbocycles. The highest BCUT2D eigenvalue weighted by Gasteiger charge is 2.25. The molecule has 0 aliphatic rings. The van der Waals surface area contributed by atoms with E-state index < -0.39 is 23.2 Å². The first-order valence-electron chi connectivity index (χ1n) is 9.77. The standard InChI is InChI=1S/C24H22N2O6/c1-25(23(17-9-5-3-6-10-17)18-11-7-4-8-12-18)22(27)16-32-21-14-13-19(24(28)31-2)15-20(21)26(29)30/h3-15,23H,16H2,1-2H3. The van der Waals surface area contributed by atoms with E-state index >= 15 is 0 Å². The number of benzene rings is 3. The lowest BCUT2D eigenvalue weighted by atomic mass is 9.97. The molecule has 8 heteroatoms. The molecule has 0 heterocycles. The first-order valence-corrected chi connectivity index (χ1v) is 9.77. The van der Waals surface area contributed by atoms with Crippen molar-refractivity contribution >= 4 is 17.6 Å². The van der Waals surface area contributed by atoms with Crippen LogP contribution in [0.15, 0.2) is 78.9 Å². The number of likely N-dealkylation sites (N-methyl/N-ethyl adjacent to an activating group) is 1. The van der Waals surface area contributed by atoms with E-state index in [0.29, 0.717) is 0 Å². The summed E-state index contributed by atoms with van der Waals surface area (Å²) in [5.41, 5.74) is 1.43. The van der Waals surface area contributed by atoms with Gasteiger partial charge in [-0.2, -0.15) is 0 Å². The van der Waals surface area contributed by atoms with Crippen molar-refractivity contribution in [1.29, 1.82) is 0 Å². The zero-order valence-corrected chi connectivity index (χ0v) is 17.6. The maximum atomic E-state index is 13.0. The molecule has 0 aliphatic heterocycles. The Morgan fingerprint density at radius 3 is 2.03 bits per heavy atom. The topological polar surface area (TPSA) is 99.0 Å². The van der Waals surface area contributed by atoms with Crippen LogP contribution in [-0.4, -0.2) is 42.5 Å². The highest BCUT2D eigenvalue weighted by atomic mass is 16.6. The first-order chi connectivity index (χ1) is 15.4. The molecule has 3 aromatic rings. The zero-order chi connectivity index (χ0) is 23.1. The largest absolute Gasteiger partial charge is 0.477 e. The molecule has 3 rings (SSSR count). The Hall–Kier alpha value is -4.20. The van der Waals surface area contributed by atoms with E-state index in [1.165, 1.54) is 19.2 Å². The van der Waals surface area contributed by atoms with Crippen LogP contribution in [0.25, 0.3) is 0 Å². The van der Waals surface area contributed by atoms with E-state index in [1.807, 2.05) is 60.7 Å². The number of rotatable bonds is 8. The number of hydrogen-bond donors (Lipinski definition) is 0. The fourth-order valence-electron chi connectivity index (χ4n) is 3.32. The van der Waals surface area contributed by atoms with Gasteiger partial charge in [-0.05, 0) is 23.3 Å². The molecule has 0 aromatic heterocycles. The lowest BCUT2D eigenvalue weighted by molar-refractivity contribution is -0.385. The number of carbonyl (C=O) groups excluding carboxylic acids is 2. The molecular formula is C24H22N2O6. The summed E-state index contributed by atoms with van der Waals surface area (Å²) in [7, 11) is 2.84. The Morgan fingerprint density at radius 2 is 1.53 bits per heavy atom. The Kier molecular flexibility index (Phi) is 7.17. The van der Waals surface area contributed by atoms with E-state index in [-0.39, 0.29) is 23.3 Å². The molecule has 8 nitrogen and oxygen atoms in total. The van der Waals surface area contributed by atoms with Crippen LogP contribution in [0.4, 0.5) is 5.69 Å². The molecule has 0 saturated heterocycles. The second kappa shape index (κ2) is 10.2. The van der Waals surface area contributed by atoms with Crippen LogP contribution in [0.5, 0.6) is 5.75 Å². The molecule has 0 fully saturated rings. The van der Waals surface area contributed by atoms with E-state index in [9.17, 15) is 19.7 Å². The van der Waals surface area contributed by atoms with Crippen molar-refractivity contribution in [2.24, 2.45) is 0 Å². The molecule has 0 atom stereocenters. The molecular weight excluding hydrogens is 412 g/mol. The SMILES string of the molecule is COC(=O)c1ccc(OCC(=O)N(C)C(c2ccccc2)c2ccccc2)c([N+](=O)[O-])c1. The minimum absolute atomic E-state index is 0.0169. The summed E-state index contributed by atoms with van der Waals surface area (Å²) < 4.78 is 10.1. The van der Waals surface area contributed by atoms with Crippen molar-refractivity contribution in [1.82, 2.24) is 4.90 Å². The molecule has 164 valence electrons. The van der Waals surface area contributed by atoms with Gasteiger partial charge >= 0.3 is 11.7 Å². The summed E-state index contributed by atoms with van der Waals surface area (Å²) in [5, 5.41) is 11.4. The summed E-state index contributed by atoms with van der Waals surface area (Å²) in [6.07, 6.45) is 0. The van der Waals surface area contributed by atoms with Gasteiger partial charge in [0.05, 0.1) is 23.6 Å². The van der Waals surface area contributed by atoms with Crippen LogP contribution < -0.4 is 4.74 Å². The number of nitro groups is 1. The fourth-order valence-corrected chi connectivity index (χ4v) is 3.32. The van der Waals surface area contributed by atoms with Crippen molar-refractivity contribution in [2.45, 2.75) is 6.04 Å². The third-order valence-electron chi connectivity index (χ3n) is 4.94. The number of ether oxygens (including phenoxy) is 2. The van der Waals surface area contributed by atoms with Gasteiger partial charge in [0.15, 0.2) is 12.4 Å².